The zero-order chi connectivity index (χ0) is 8.55. The van der Waals surface area contributed by atoms with E-state index in [0.717, 1.165) is 0 Å². The Balaban J connectivity index is 2.82. The molecule has 0 bridgehead atoms. The lowest BCUT2D eigenvalue weighted by molar-refractivity contribution is 0.155. The van der Waals surface area contributed by atoms with Gasteiger partial charge in [-0.05, 0) is 12.1 Å². The van der Waals surface area contributed by atoms with E-state index in [2.05, 4.69) is 10.1 Å². The van der Waals surface area contributed by atoms with Gasteiger partial charge in [0.25, 0.3) is 0 Å². The molecule has 12 heavy (non-hydrogen) atoms. The standard InChI is InChI=1S/C7H7N3O2/c11-4-5-7-6(10(12)9-5)2-1-3-8-7/h1-3,11-12H,4H2. The van der Waals surface area contributed by atoms with E-state index in [-0.39, 0.29) is 6.61 Å². The number of aromatic nitrogens is 3. The molecule has 0 unspecified atom stereocenters. The second-order valence-corrected chi connectivity index (χ2v) is 2.37. The van der Waals surface area contributed by atoms with Crippen LogP contribution in [-0.4, -0.2) is 25.2 Å². The molecule has 0 aliphatic heterocycles. The van der Waals surface area contributed by atoms with E-state index in [0.29, 0.717) is 21.6 Å². The van der Waals surface area contributed by atoms with Gasteiger partial charge in [0.2, 0.25) is 0 Å². The number of aliphatic hydroxyl groups is 1. The van der Waals surface area contributed by atoms with Gasteiger partial charge in [-0.15, -0.1) is 5.10 Å². The smallest absolute Gasteiger partial charge is 0.129 e. The van der Waals surface area contributed by atoms with Crippen molar-refractivity contribution < 1.29 is 10.3 Å². The fraction of sp³-hybridized carbons (Fsp3) is 0.143. The molecule has 0 saturated carbocycles. The van der Waals surface area contributed by atoms with Crippen LogP contribution in [0, 0.1) is 0 Å². The van der Waals surface area contributed by atoms with Crippen LogP contribution in [0.4, 0.5) is 0 Å². The minimum Gasteiger partial charge on any atom is -0.411 e. The van der Waals surface area contributed by atoms with E-state index in [1.54, 1.807) is 18.3 Å². The minimum absolute atomic E-state index is 0.221. The van der Waals surface area contributed by atoms with Crippen LogP contribution < -0.4 is 0 Å². The SMILES string of the molecule is OCc1nn(O)c2cccnc12. The van der Waals surface area contributed by atoms with Crippen LogP contribution in [0.1, 0.15) is 5.69 Å². The molecule has 0 atom stereocenters. The van der Waals surface area contributed by atoms with Gasteiger partial charge >= 0.3 is 0 Å². The normalized spacial score (nSPS) is 10.8. The van der Waals surface area contributed by atoms with Crippen molar-refractivity contribution in [2.24, 2.45) is 0 Å². The minimum atomic E-state index is -0.221. The van der Waals surface area contributed by atoms with Crippen LogP contribution in [0.2, 0.25) is 0 Å². The lowest BCUT2D eigenvalue weighted by Gasteiger charge is -1.88. The zero-order valence-electron chi connectivity index (χ0n) is 6.18. The molecule has 0 saturated heterocycles. The van der Waals surface area contributed by atoms with Crippen LogP contribution in [0.25, 0.3) is 11.0 Å². The maximum Gasteiger partial charge on any atom is 0.129 e. The van der Waals surface area contributed by atoms with E-state index in [9.17, 15) is 5.21 Å². The highest BCUT2D eigenvalue weighted by molar-refractivity contribution is 5.76. The summed E-state index contributed by atoms with van der Waals surface area (Å²) in [4.78, 5) is 4.69. The number of aliphatic hydroxyl groups excluding tert-OH is 1. The molecule has 5 nitrogen and oxygen atoms in total. The van der Waals surface area contributed by atoms with Crippen molar-refractivity contribution >= 4 is 11.0 Å². The maximum atomic E-state index is 9.18. The van der Waals surface area contributed by atoms with Crippen molar-refractivity contribution in [1.29, 1.82) is 0 Å². The molecular weight excluding hydrogens is 158 g/mol. The predicted octanol–water partition coefficient (Wildman–Crippen LogP) is 0.161. The summed E-state index contributed by atoms with van der Waals surface area (Å²) in [5.74, 6) is 0. The van der Waals surface area contributed by atoms with Crippen molar-refractivity contribution in [3.63, 3.8) is 0 Å². The molecule has 2 heterocycles. The summed E-state index contributed by atoms with van der Waals surface area (Å²) >= 11 is 0. The second-order valence-electron chi connectivity index (χ2n) is 2.37. The molecule has 0 amide bonds. The average molecular weight is 165 g/mol. The fourth-order valence-electron chi connectivity index (χ4n) is 1.10. The van der Waals surface area contributed by atoms with Crippen molar-refractivity contribution in [2.45, 2.75) is 6.61 Å². The number of nitrogens with zero attached hydrogens (tertiary/aromatic N) is 3. The van der Waals surface area contributed by atoms with Crippen LogP contribution in [0.15, 0.2) is 18.3 Å². The summed E-state index contributed by atoms with van der Waals surface area (Å²) in [7, 11) is 0. The average Bonchev–Trinajstić information content (AvgIpc) is 2.44. The van der Waals surface area contributed by atoms with Crippen LogP contribution in [0.3, 0.4) is 0 Å². The summed E-state index contributed by atoms with van der Waals surface area (Å²) in [5, 5.41) is 21.7. The van der Waals surface area contributed by atoms with Crippen molar-refractivity contribution in [1.82, 2.24) is 14.9 Å². The van der Waals surface area contributed by atoms with Crippen LogP contribution in [-0.2, 0) is 6.61 Å². The number of rotatable bonds is 1. The molecule has 0 fully saturated rings. The zero-order valence-corrected chi connectivity index (χ0v) is 6.18. The monoisotopic (exact) mass is 165 g/mol. The molecule has 0 aliphatic carbocycles. The first-order valence-corrected chi connectivity index (χ1v) is 3.45. The topological polar surface area (TPSA) is 71.2 Å². The molecule has 2 aromatic heterocycles. The number of hydrogen-bond acceptors (Lipinski definition) is 4. The molecular formula is C7H7N3O2. The molecule has 0 aromatic carbocycles. The molecule has 2 N–H and O–H groups in total. The molecule has 5 heteroatoms. The van der Waals surface area contributed by atoms with Crippen molar-refractivity contribution in [2.75, 3.05) is 0 Å². The Morgan fingerprint density at radius 2 is 2.33 bits per heavy atom. The maximum absolute atomic E-state index is 9.18. The predicted molar refractivity (Wildman–Crippen MR) is 40.6 cm³/mol. The van der Waals surface area contributed by atoms with Gasteiger partial charge in [-0.2, -0.15) is 0 Å². The lowest BCUT2D eigenvalue weighted by Crippen LogP contribution is -1.92. The molecule has 0 radical (unpaired) electrons. The first kappa shape index (κ1) is 7.05. The summed E-state index contributed by atoms with van der Waals surface area (Å²) in [6.07, 6.45) is 1.59. The highest BCUT2D eigenvalue weighted by Gasteiger charge is 2.08. The summed E-state index contributed by atoms with van der Waals surface area (Å²) in [5.41, 5.74) is 1.41. The fourth-order valence-corrected chi connectivity index (χ4v) is 1.10. The van der Waals surface area contributed by atoms with Gasteiger partial charge in [0.05, 0.1) is 6.61 Å². The van der Waals surface area contributed by atoms with E-state index in [1.165, 1.54) is 0 Å². The molecule has 0 aliphatic rings. The third-order valence-electron chi connectivity index (χ3n) is 1.64. The van der Waals surface area contributed by atoms with Crippen LogP contribution >= 0.6 is 0 Å². The van der Waals surface area contributed by atoms with Gasteiger partial charge in [-0.1, -0.05) is 4.85 Å². The Labute approximate surface area is 67.8 Å². The first-order valence-electron chi connectivity index (χ1n) is 3.45. The highest BCUT2D eigenvalue weighted by atomic mass is 16.5. The largest absolute Gasteiger partial charge is 0.411 e. The van der Waals surface area contributed by atoms with Gasteiger partial charge in [0, 0.05) is 6.20 Å². The highest BCUT2D eigenvalue weighted by Crippen LogP contribution is 2.13. The van der Waals surface area contributed by atoms with E-state index < -0.39 is 0 Å². The molecule has 62 valence electrons. The van der Waals surface area contributed by atoms with Crippen LogP contribution in [0.5, 0.6) is 0 Å². The Morgan fingerprint density at radius 1 is 1.50 bits per heavy atom. The van der Waals surface area contributed by atoms with Gasteiger partial charge in [-0.3, -0.25) is 4.98 Å². The quantitative estimate of drug-likeness (QED) is 0.590. The first-order chi connectivity index (χ1) is 5.83. The number of pyridine rings is 1. The number of hydrogen-bond donors (Lipinski definition) is 2. The van der Waals surface area contributed by atoms with E-state index >= 15 is 0 Å². The third-order valence-corrected chi connectivity index (χ3v) is 1.64. The van der Waals surface area contributed by atoms with E-state index in [4.69, 9.17) is 5.11 Å². The van der Waals surface area contributed by atoms with Gasteiger partial charge < -0.3 is 10.3 Å². The molecule has 2 aromatic rings. The Bertz CT molecular complexity index is 410. The van der Waals surface area contributed by atoms with Crippen molar-refractivity contribution in [3.05, 3.63) is 24.0 Å². The van der Waals surface area contributed by atoms with E-state index in [1.807, 2.05) is 0 Å². The molecule has 0 spiro atoms. The molecule has 2 rings (SSSR count). The third kappa shape index (κ3) is 0.835. The van der Waals surface area contributed by atoms with Gasteiger partial charge in [0.1, 0.15) is 16.7 Å². The summed E-state index contributed by atoms with van der Waals surface area (Å²) in [6.45, 7) is -0.221. The Morgan fingerprint density at radius 3 is 3.08 bits per heavy atom. The summed E-state index contributed by atoms with van der Waals surface area (Å²) < 4.78 is 0. The van der Waals surface area contributed by atoms with Crippen molar-refractivity contribution in [3.8, 4) is 0 Å². The second kappa shape index (κ2) is 2.46. The van der Waals surface area contributed by atoms with Gasteiger partial charge in [0.15, 0.2) is 0 Å². The number of fused-ring (bicyclic) bond motifs is 1. The Kier molecular flexibility index (Phi) is 1.44. The lowest BCUT2D eigenvalue weighted by atomic mass is 10.3. The summed E-state index contributed by atoms with van der Waals surface area (Å²) in [6, 6.07) is 3.37. The Hall–Kier alpha value is -1.62. The van der Waals surface area contributed by atoms with Gasteiger partial charge in [-0.25, -0.2) is 0 Å².